The zero-order chi connectivity index (χ0) is 14.4. The van der Waals surface area contributed by atoms with Crippen LogP contribution in [0.5, 0.6) is 0 Å². The number of hydrogen-bond acceptors (Lipinski definition) is 2. The Morgan fingerprint density at radius 1 is 1.32 bits per heavy atom. The van der Waals surface area contributed by atoms with Crippen molar-refractivity contribution in [2.45, 2.75) is 27.7 Å². The van der Waals surface area contributed by atoms with E-state index in [1.54, 1.807) is 0 Å². The quantitative estimate of drug-likeness (QED) is 0.883. The highest BCUT2D eigenvalue weighted by Crippen LogP contribution is 2.15. The first kappa shape index (κ1) is 15.2. The number of benzene rings is 1. The third-order valence-electron chi connectivity index (χ3n) is 2.70. The van der Waals surface area contributed by atoms with Crippen molar-refractivity contribution < 1.29 is 9.59 Å². The maximum atomic E-state index is 11.8. The second-order valence-corrected chi connectivity index (χ2v) is 5.14. The fourth-order valence-corrected chi connectivity index (χ4v) is 1.70. The lowest BCUT2D eigenvalue weighted by Crippen LogP contribution is -2.40. The second-order valence-electron chi connectivity index (χ2n) is 5.14. The van der Waals surface area contributed by atoms with Gasteiger partial charge in [-0.25, -0.2) is 0 Å². The molecular formula is C15H22N2O2. The molecule has 0 spiro atoms. The van der Waals surface area contributed by atoms with Crippen molar-refractivity contribution in [2.24, 2.45) is 5.92 Å². The molecule has 0 saturated heterocycles. The minimum atomic E-state index is -0.134. The van der Waals surface area contributed by atoms with Crippen LogP contribution < -0.4 is 10.2 Å². The number of nitrogens with one attached hydrogen (secondary N) is 1. The van der Waals surface area contributed by atoms with Crippen molar-refractivity contribution in [1.29, 1.82) is 0 Å². The van der Waals surface area contributed by atoms with Gasteiger partial charge in [0.15, 0.2) is 0 Å². The number of aryl methyl sites for hydroxylation is 1. The topological polar surface area (TPSA) is 49.4 Å². The van der Waals surface area contributed by atoms with Gasteiger partial charge in [-0.05, 0) is 30.5 Å². The molecular weight excluding hydrogens is 240 g/mol. The maximum absolute atomic E-state index is 11.8. The molecule has 1 N–H and O–H groups in total. The summed E-state index contributed by atoms with van der Waals surface area (Å²) in [5.74, 6) is 0.129. The largest absolute Gasteiger partial charge is 0.354 e. The molecule has 0 fully saturated rings. The summed E-state index contributed by atoms with van der Waals surface area (Å²) < 4.78 is 0. The van der Waals surface area contributed by atoms with Crippen LogP contribution in [0.3, 0.4) is 0 Å². The van der Waals surface area contributed by atoms with Gasteiger partial charge in [0.2, 0.25) is 11.8 Å². The van der Waals surface area contributed by atoms with Crippen LogP contribution in [0.25, 0.3) is 0 Å². The van der Waals surface area contributed by atoms with Gasteiger partial charge in [-0.2, -0.15) is 0 Å². The van der Waals surface area contributed by atoms with Crippen molar-refractivity contribution in [3.05, 3.63) is 29.8 Å². The zero-order valence-electron chi connectivity index (χ0n) is 12.1. The summed E-state index contributed by atoms with van der Waals surface area (Å²) in [5.41, 5.74) is 1.82. The molecule has 104 valence electrons. The number of amides is 2. The Morgan fingerprint density at radius 3 is 2.53 bits per heavy atom. The summed E-state index contributed by atoms with van der Waals surface area (Å²) in [5, 5.41) is 2.82. The number of nitrogens with zero attached hydrogens (tertiary/aromatic N) is 1. The Hall–Kier alpha value is -1.84. The summed E-state index contributed by atoms with van der Waals surface area (Å²) in [4.78, 5) is 25.0. The van der Waals surface area contributed by atoms with Crippen molar-refractivity contribution in [3.8, 4) is 0 Å². The van der Waals surface area contributed by atoms with E-state index in [9.17, 15) is 9.59 Å². The molecule has 0 bridgehead atoms. The molecule has 0 radical (unpaired) electrons. The number of anilines is 1. The minimum Gasteiger partial charge on any atom is -0.354 e. The van der Waals surface area contributed by atoms with Crippen LogP contribution in [0, 0.1) is 12.8 Å². The Kier molecular flexibility index (Phi) is 5.55. The normalized spacial score (nSPS) is 10.4. The van der Waals surface area contributed by atoms with Crippen LogP contribution in [-0.4, -0.2) is 24.9 Å². The van der Waals surface area contributed by atoms with Crippen molar-refractivity contribution in [1.82, 2.24) is 5.32 Å². The van der Waals surface area contributed by atoms with E-state index in [1.807, 2.05) is 45.0 Å². The monoisotopic (exact) mass is 262 g/mol. The van der Waals surface area contributed by atoms with Gasteiger partial charge in [-0.15, -0.1) is 0 Å². The van der Waals surface area contributed by atoms with Gasteiger partial charge in [-0.1, -0.05) is 26.0 Å². The molecule has 0 heterocycles. The van der Waals surface area contributed by atoms with Gasteiger partial charge in [0, 0.05) is 19.2 Å². The summed E-state index contributed by atoms with van der Waals surface area (Å²) >= 11 is 0. The van der Waals surface area contributed by atoms with E-state index >= 15 is 0 Å². The molecule has 0 aliphatic carbocycles. The van der Waals surface area contributed by atoms with E-state index < -0.39 is 0 Å². The van der Waals surface area contributed by atoms with Crippen LogP contribution in [-0.2, 0) is 9.59 Å². The highest BCUT2D eigenvalue weighted by molar-refractivity contribution is 5.97. The first-order valence-electron chi connectivity index (χ1n) is 6.51. The first-order valence-corrected chi connectivity index (χ1v) is 6.51. The molecule has 4 nitrogen and oxygen atoms in total. The predicted octanol–water partition coefficient (Wildman–Crippen LogP) is 2.12. The molecule has 2 amide bonds. The SMILES string of the molecule is CC(=O)N(CC(=O)NCC(C)C)c1cccc(C)c1. The maximum Gasteiger partial charge on any atom is 0.240 e. The van der Waals surface area contributed by atoms with Crippen LogP contribution in [0.15, 0.2) is 24.3 Å². The van der Waals surface area contributed by atoms with Gasteiger partial charge in [-0.3, -0.25) is 9.59 Å². The zero-order valence-corrected chi connectivity index (χ0v) is 12.1. The second kappa shape index (κ2) is 6.92. The fraction of sp³-hybridized carbons (Fsp3) is 0.467. The molecule has 0 aliphatic rings. The van der Waals surface area contributed by atoms with Gasteiger partial charge in [0.1, 0.15) is 6.54 Å². The molecule has 19 heavy (non-hydrogen) atoms. The summed E-state index contributed by atoms with van der Waals surface area (Å²) in [6.07, 6.45) is 0. The molecule has 0 unspecified atom stereocenters. The fourth-order valence-electron chi connectivity index (χ4n) is 1.70. The molecule has 0 aromatic heterocycles. The molecule has 4 heteroatoms. The van der Waals surface area contributed by atoms with Crippen molar-refractivity contribution in [2.75, 3.05) is 18.0 Å². The van der Waals surface area contributed by atoms with E-state index in [1.165, 1.54) is 11.8 Å². The molecule has 0 aliphatic heterocycles. The summed E-state index contributed by atoms with van der Waals surface area (Å²) in [7, 11) is 0. The first-order chi connectivity index (χ1) is 8.90. The standard InChI is InChI=1S/C15H22N2O2/c1-11(2)9-16-15(19)10-17(13(4)18)14-7-5-6-12(3)8-14/h5-8,11H,9-10H2,1-4H3,(H,16,19). The van der Waals surface area contributed by atoms with Gasteiger partial charge < -0.3 is 10.2 Å². The van der Waals surface area contributed by atoms with E-state index in [2.05, 4.69) is 5.32 Å². The lowest BCUT2D eigenvalue weighted by atomic mass is 10.2. The van der Waals surface area contributed by atoms with E-state index in [4.69, 9.17) is 0 Å². The van der Waals surface area contributed by atoms with Gasteiger partial charge >= 0.3 is 0 Å². The van der Waals surface area contributed by atoms with E-state index in [0.29, 0.717) is 12.5 Å². The molecule has 1 rings (SSSR count). The van der Waals surface area contributed by atoms with Crippen LogP contribution >= 0.6 is 0 Å². The summed E-state index contributed by atoms with van der Waals surface area (Å²) in [6, 6.07) is 7.58. The Balaban J connectivity index is 2.74. The van der Waals surface area contributed by atoms with Crippen LogP contribution in [0.2, 0.25) is 0 Å². The average molecular weight is 262 g/mol. The molecule has 1 aromatic carbocycles. The Bertz CT molecular complexity index is 455. The third-order valence-corrected chi connectivity index (χ3v) is 2.70. The molecule has 0 saturated carbocycles. The van der Waals surface area contributed by atoms with Crippen LogP contribution in [0.1, 0.15) is 26.3 Å². The minimum absolute atomic E-state index is 0.0610. The van der Waals surface area contributed by atoms with Gasteiger partial charge in [0.25, 0.3) is 0 Å². The highest BCUT2D eigenvalue weighted by atomic mass is 16.2. The van der Waals surface area contributed by atoms with E-state index in [-0.39, 0.29) is 18.4 Å². The number of carbonyl (C=O) groups excluding carboxylic acids is 2. The number of carbonyl (C=O) groups is 2. The van der Waals surface area contributed by atoms with E-state index in [0.717, 1.165) is 11.3 Å². The predicted molar refractivity (Wildman–Crippen MR) is 77.1 cm³/mol. The highest BCUT2D eigenvalue weighted by Gasteiger charge is 2.15. The molecule has 0 atom stereocenters. The Labute approximate surface area is 114 Å². The number of hydrogen-bond donors (Lipinski definition) is 1. The average Bonchev–Trinajstić information content (AvgIpc) is 2.33. The summed E-state index contributed by atoms with van der Waals surface area (Å²) in [6.45, 7) is 8.18. The van der Waals surface area contributed by atoms with Crippen molar-refractivity contribution in [3.63, 3.8) is 0 Å². The van der Waals surface area contributed by atoms with Crippen LogP contribution in [0.4, 0.5) is 5.69 Å². The van der Waals surface area contributed by atoms with Gasteiger partial charge in [0.05, 0.1) is 0 Å². The third kappa shape index (κ3) is 5.12. The van der Waals surface area contributed by atoms with Crippen molar-refractivity contribution >= 4 is 17.5 Å². The number of rotatable bonds is 5. The lowest BCUT2D eigenvalue weighted by molar-refractivity contribution is -0.123. The Morgan fingerprint density at radius 2 is 2.00 bits per heavy atom. The lowest BCUT2D eigenvalue weighted by Gasteiger charge is -2.21. The smallest absolute Gasteiger partial charge is 0.240 e. The molecule has 1 aromatic rings.